The second kappa shape index (κ2) is 5.80. The summed E-state index contributed by atoms with van der Waals surface area (Å²) >= 11 is 0. The number of ether oxygens (including phenoxy) is 2. The maximum atomic E-state index is 14.3. The number of ketones is 1. The Bertz CT molecular complexity index is 907. The summed E-state index contributed by atoms with van der Waals surface area (Å²) in [7, 11) is 0. The van der Waals surface area contributed by atoms with E-state index in [4.69, 9.17) is 9.47 Å². The number of hydrogen-bond donors (Lipinski definition) is 0. The van der Waals surface area contributed by atoms with Gasteiger partial charge < -0.3 is 9.47 Å². The van der Waals surface area contributed by atoms with E-state index < -0.39 is 52.5 Å². The molecule has 6 fully saturated rings. The molecule has 4 saturated carbocycles. The summed E-state index contributed by atoms with van der Waals surface area (Å²) in [5, 5.41) is 0. The molecule has 0 aromatic carbocycles. The Morgan fingerprint density at radius 2 is 1.53 bits per heavy atom. The zero-order valence-electron chi connectivity index (χ0n) is 17.1. The van der Waals surface area contributed by atoms with Crippen molar-refractivity contribution in [2.75, 3.05) is 0 Å². The molecular weight excluding hydrogens is 388 g/mol. The summed E-state index contributed by atoms with van der Waals surface area (Å²) in [6, 6.07) is 0. The first kappa shape index (κ1) is 18.7. The minimum absolute atomic E-state index is 0.0367. The lowest BCUT2D eigenvalue weighted by molar-refractivity contribution is -0.156. The van der Waals surface area contributed by atoms with Crippen molar-refractivity contribution >= 4 is 29.7 Å². The third-order valence-corrected chi connectivity index (χ3v) is 9.73. The zero-order chi connectivity index (χ0) is 21.0. The van der Waals surface area contributed by atoms with Crippen LogP contribution in [0.2, 0.25) is 0 Å². The molecule has 2 aliphatic heterocycles. The van der Waals surface area contributed by atoms with E-state index in [2.05, 4.69) is 6.92 Å². The zero-order valence-corrected chi connectivity index (χ0v) is 17.1. The van der Waals surface area contributed by atoms with Crippen LogP contribution < -0.4 is 0 Å². The van der Waals surface area contributed by atoms with Gasteiger partial charge in [-0.05, 0) is 62.7 Å². The fraction of sp³-hybridized carbons (Fsp3) is 0.783. The standard InChI is InChI=1S/C23H26O7/c1-2-5-22(12-4-3-11-15(12)19(26)29-17(11)24)6-7-23(21(22)28)9-10-8-13(23)16-14(10)18(25)30-20(16)27/h10-16H,2-9H2,1H3. The van der Waals surface area contributed by atoms with Gasteiger partial charge in [0.25, 0.3) is 0 Å². The van der Waals surface area contributed by atoms with Gasteiger partial charge in [0.05, 0.1) is 23.7 Å². The summed E-state index contributed by atoms with van der Waals surface area (Å²) in [5.41, 5.74) is -1.22. The minimum Gasteiger partial charge on any atom is -0.393 e. The fourth-order valence-electron chi connectivity index (χ4n) is 8.84. The first-order valence-corrected chi connectivity index (χ1v) is 11.4. The van der Waals surface area contributed by atoms with Crippen molar-refractivity contribution in [1.82, 2.24) is 0 Å². The first-order valence-electron chi connectivity index (χ1n) is 11.4. The van der Waals surface area contributed by atoms with Crippen molar-refractivity contribution < 1.29 is 33.4 Å². The Balaban J connectivity index is 1.38. The molecule has 6 aliphatic rings. The largest absolute Gasteiger partial charge is 0.393 e. The topological polar surface area (TPSA) is 104 Å². The molecule has 2 saturated heterocycles. The van der Waals surface area contributed by atoms with Crippen LogP contribution in [-0.2, 0) is 33.4 Å². The van der Waals surface area contributed by atoms with Crippen molar-refractivity contribution in [3.8, 4) is 0 Å². The lowest BCUT2D eigenvalue weighted by Crippen LogP contribution is -2.48. The molecule has 9 atom stereocenters. The molecule has 1 spiro atoms. The van der Waals surface area contributed by atoms with Gasteiger partial charge in [-0.3, -0.25) is 24.0 Å². The van der Waals surface area contributed by atoms with Crippen molar-refractivity contribution in [2.45, 2.75) is 58.3 Å². The molecule has 2 heterocycles. The molecule has 0 N–H and O–H groups in total. The predicted octanol–water partition coefficient (Wildman–Crippen LogP) is 2.20. The number of rotatable bonds is 3. The molecule has 4 aliphatic carbocycles. The van der Waals surface area contributed by atoms with Gasteiger partial charge >= 0.3 is 23.9 Å². The van der Waals surface area contributed by atoms with Gasteiger partial charge in [0.1, 0.15) is 5.78 Å². The third-order valence-electron chi connectivity index (χ3n) is 9.73. The van der Waals surface area contributed by atoms with E-state index in [1.54, 1.807) is 0 Å². The van der Waals surface area contributed by atoms with Crippen LogP contribution in [0.25, 0.3) is 0 Å². The van der Waals surface area contributed by atoms with Crippen molar-refractivity contribution in [3.05, 3.63) is 0 Å². The summed E-state index contributed by atoms with van der Waals surface area (Å²) in [4.78, 5) is 63.5. The highest BCUT2D eigenvalue weighted by Crippen LogP contribution is 2.72. The van der Waals surface area contributed by atoms with Gasteiger partial charge in [-0.15, -0.1) is 0 Å². The summed E-state index contributed by atoms with van der Waals surface area (Å²) in [6.45, 7) is 2.05. The summed E-state index contributed by atoms with van der Waals surface area (Å²) in [6.07, 6.45) is 5.59. The molecule has 160 valence electrons. The lowest BCUT2D eigenvalue weighted by atomic mass is 9.59. The Hall–Kier alpha value is -2.05. The Morgan fingerprint density at radius 3 is 2.30 bits per heavy atom. The molecular formula is C23H26O7. The van der Waals surface area contributed by atoms with Gasteiger partial charge in [-0.25, -0.2) is 0 Å². The average molecular weight is 414 g/mol. The van der Waals surface area contributed by atoms with E-state index >= 15 is 0 Å². The monoisotopic (exact) mass is 414 g/mol. The molecule has 30 heavy (non-hydrogen) atoms. The lowest BCUT2D eigenvalue weighted by Gasteiger charge is -2.41. The van der Waals surface area contributed by atoms with Crippen LogP contribution in [0.4, 0.5) is 0 Å². The fourth-order valence-corrected chi connectivity index (χ4v) is 8.84. The number of fused-ring (bicyclic) bond motifs is 7. The quantitative estimate of drug-likeness (QED) is 0.515. The smallest absolute Gasteiger partial charge is 0.317 e. The molecule has 7 heteroatoms. The normalized spacial score (nSPS) is 51.1. The summed E-state index contributed by atoms with van der Waals surface area (Å²) < 4.78 is 9.88. The highest BCUT2D eigenvalue weighted by atomic mass is 16.6. The molecule has 9 unspecified atom stereocenters. The predicted molar refractivity (Wildman–Crippen MR) is 99.1 cm³/mol. The number of cyclic esters (lactones) is 4. The Kier molecular flexibility index (Phi) is 3.61. The van der Waals surface area contributed by atoms with Crippen LogP contribution >= 0.6 is 0 Å². The minimum atomic E-state index is -0.635. The number of esters is 4. The number of carbonyl (C=O) groups excluding carboxylic acids is 5. The van der Waals surface area contributed by atoms with Crippen LogP contribution in [0.15, 0.2) is 0 Å². The number of Topliss-reactive ketones (excluding diaryl/α,β-unsaturated/α-hetero) is 1. The second-order valence-electron chi connectivity index (χ2n) is 10.5. The molecule has 0 aromatic rings. The van der Waals surface area contributed by atoms with Crippen molar-refractivity contribution in [1.29, 1.82) is 0 Å². The van der Waals surface area contributed by atoms with Crippen molar-refractivity contribution in [2.24, 2.45) is 52.3 Å². The average Bonchev–Trinajstić information content (AvgIpc) is 3.50. The Morgan fingerprint density at radius 1 is 0.833 bits per heavy atom. The molecule has 2 bridgehead atoms. The van der Waals surface area contributed by atoms with E-state index in [-0.39, 0.29) is 29.5 Å². The number of hydrogen-bond acceptors (Lipinski definition) is 7. The first-order chi connectivity index (χ1) is 14.3. The van der Waals surface area contributed by atoms with Gasteiger partial charge in [-0.2, -0.15) is 0 Å². The third kappa shape index (κ3) is 1.95. The van der Waals surface area contributed by atoms with Crippen LogP contribution in [0.1, 0.15) is 58.3 Å². The van der Waals surface area contributed by atoms with Gasteiger partial charge in [0.15, 0.2) is 0 Å². The molecule has 0 radical (unpaired) electrons. The van der Waals surface area contributed by atoms with Crippen LogP contribution in [0.3, 0.4) is 0 Å². The van der Waals surface area contributed by atoms with E-state index in [9.17, 15) is 24.0 Å². The van der Waals surface area contributed by atoms with E-state index in [0.717, 1.165) is 12.8 Å². The second-order valence-corrected chi connectivity index (χ2v) is 10.5. The van der Waals surface area contributed by atoms with Crippen LogP contribution in [0, 0.1) is 52.3 Å². The highest BCUT2D eigenvalue weighted by molar-refractivity contribution is 6.02. The van der Waals surface area contributed by atoms with Crippen LogP contribution in [0.5, 0.6) is 0 Å². The van der Waals surface area contributed by atoms with E-state index in [0.29, 0.717) is 38.5 Å². The van der Waals surface area contributed by atoms with Gasteiger partial charge in [0.2, 0.25) is 0 Å². The Labute approximate surface area is 174 Å². The maximum absolute atomic E-state index is 14.3. The molecule has 0 amide bonds. The van der Waals surface area contributed by atoms with Gasteiger partial charge in [-0.1, -0.05) is 13.3 Å². The maximum Gasteiger partial charge on any atom is 0.317 e. The van der Waals surface area contributed by atoms with E-state index in [1.807, 2.05) is 0 Å². The van der Waals surface area contributed by atoms with E-state index in [1.165, 1.54) is 0 Å². The van der Waals surface area contributed by atoms with Crippen molar-refractivity contribution in [3.63, 3.8) is 0 Å². The SMILES string of the molecule is CCCC1(C2CCC3C(=O)OC(=O)C32)CCC2(CC3CC2C2C(=O)OC(=O)C32)C1=O. The van der Waals surface area contributed by atoms with Crippen LogP contribution in [-0.4, -0.2) is 29.7 Å². The number of carbonyl (C=O) groups is 5. The van der Waals surface area contributed by atoms with Gasteiger partial charge in [0, 0.05) is 10.8 Å². The molecule has 6 rings (SSSR count). The molecule has 7 nitrogen and oxygen atoms in total. The molecule has 0 aromatic heterocycles. The summed E-state index contributed by atoms with van der Waals surface area (Å²) in [5.74, 6) is -3.61. The highest BCUT2D eigenvalue weighted by Gasteiger charge is 2.75.